The number of para-hydroxylation sites is 1. The molecule has 0 bridgehead atoms. The first kappa shape index (κ1) is 15.9. The van der Waals surface area contributed by atoms with E-state index in [-0.39, 0.29) is 10.7 Å². The minimum atomic E-state index is 0.0924. The highest BCUT2D eigenvalue weighted by atomic mass is 32.2. The maximum Gasteiger partial charge on any atom is 0.230 e. The van der Waals surface area contributed by atoms with Crippen molar-refractivity contribution in [3.8, 4) is 5.75 Å². The van der Waals surface area contributed by atoms with Crippen LogP contribution in [-0.2, 0) is 11.2 Å². The third-order valence-electron chi connectivity index (χ3n) is 2.55. The van der Waals surface area contributed by atoms with Crippen LogP contribution in [-0.4, -0.2) is 30.1 Å². The predicted octanol–water partition coefficient (Wildman–Crippen LogP) is 2.89. The zero-order chi connectivity index (χ0) is 14.3. The van der Waals surface area contributed by atoms with Gasteiger partial charge in [-0.1, -0.05) is 39.0 Å². The quantitative estimate of drug-likeness (QED) is 0.871. The van der Waals surface area contributed by atoms with Gasteiger partial charge in [0.25, 0.3) is 0 Å². The average molecular weight is 281 g/mol. The Kier molecular flexibility index (Phi) is 6.22. The third-order valence-corrected chi connectivity index (χ3v) is 3.82. The van der Waals surface area contributed by atoms with Crippen molar-refractivity contribution in [3.63, 3.8) is 0 Å². The lowest BCUT2D eigenvalue weighted by atomic mass is 10.1. The Bertz CT molecular complexity index is 413. The molecule has 0 fully saturated rings. The van der Waals surface area contributed by atoms with E-state index in [4.69, 9.17) is 4.74 Å². The molecule has 1 N–H and O–H groups in total. The van der Waals surface area contributed by atoms with Gasteiger partial charge in [0.15, 0.2) is 0 Å². The van der Waals surface area contributed by atoms with Crippen molar-refractivity contribution in [2.24, 2.45) is 0 Å². The number of hydrogen-bond acceptors (Lipinski definition) is 3. The summed E-state index contributed by atoms with van der Waals surface area (Å²) in [6.07, 6.45) is 0.788. The fraction of sp³-hybridized carbons (Fsp3) is 0.533. The van der Waals surface area contributed by atoms with Crippen molar-refractivity contribution in [1.82, 2.24) is 5.32 Å². The Morgan fingerprint density at radius 1 is 1.32 bits per heavy atom. The molecule has 0 atom stereocenters. The summed E-state index contributed by atoms with van der Waals surface area (Å²) in [7, 11) is 1.66. The normalized spacial score (nSPS) is 11.2. The summed E-state index contributed by atoms with van der Waals surface area (Å²) < 4.78 is 5.40. The first-order valence-electron chi connectivity index (χ1n) is 6.45. The molecule has 0 radical (unpaired) electrons. The van der Waals surface area contributed by atoms with E-state index in [0.29, 0.717) is 12.3 Å². The van der Waals surface area contributed by atoms with Crippen LogP contribution in [0.15, 0.2) is 24.3 Å². The molecule has 3 nitrogen and oxygen atoms in total. The third kappa shape index (κ3) is 6.53. The highest BCUT2D eigenvalue weighted by molar-refractivity contribution is 8.01. The fourth-order valence-corrected chi connectivity index (χ4v) is 2.25. The van der Waals surface area contributed by atoms with Crippen LogP contribution in [0, 0.1) is 0 Å². The molecule has 0 saturated carbocycles. The monoisotopic (exact) mass is 281 g/mol. The number of carbonyl (C=O) groups excluding carboxylic acids is 1. The molecule has 0 aromatic heterocycles. The molecule has 0 unspecified atom stereocenters. The van der Waals surface area contributed by atoms with Crippen LogP contribution in [0.1, 0.15) is 26.3 Å². The Morgan fingerprint density at radius 3 is 2.63 bits per heavy atom. The summed E-state index contributed by atoms with van der Waals surface area (Å²) >= 11 is 1.66. The molecule has 0 aliphatic rings. The lowest BCUT2D eigenvalue weighted by molar-refractivity contribution is -0.118. The maximum atomic E-state index is 11.7. The van der Waals surface area contributed by atoms with E-state index in [2.05, 4.69) is 26.1 Å². The van der Waals surface area contributed by atoms with Gasteiger partial charge in [0.2, 0.25) is 5.91 Å². The number of ether oxygens (including phenoxy) is 1. The standard InChI is InChI=1S/C15H23NO2S/c1-15(2,3)19-11-14(17)16-10-9-12-7-5-6-8-13(12)18-4/h5-8H,9-11H2,1-4H3,(H,16,17). The van der Waals surface area contributed by atoms with Crippen LogP contribution in [0.4, 0.5) is 0 Å². The van der Waals surface area contributed by atoms with Crippen molar-refractivity contribution in [3.05, 3.63) is 29.8 Å². The molecule has 0 saturated heterocycles. The van der Waals surface area contributed by atoms with Gasteiger partial charge in [-0.05, 0) is 18.1 Å². The van der Waals surface area contributed by atoms with Crippen molar-refractivity contribution in [2.45, 2.75) is 31.9 Å². The average Bonchev–Trinajstić information content (AvgIpc) is 2.36. The number of amides is 1. The van der Waals surface area contributed by atoms with Gasteiger partial charge in [0.05, 0.1) is 12.9 Å². The number of nitrogens with one attached hydrogen (secondary N) is 1. The van der Waals surface area contributed by atoms with Crippen LogP contribution in [0.3, 0.4) is 0 Å². The van der Waals surface area contributed by atoms with E-state index in [1.807, 2.05) is 24.3 Å². The van der Waals surface area contributed by atoms with Gasteiger partial charge in [-0.25, -0.2) is 0 Å². The highest BCUT2D eigenvalue weighted by Crippen LogP contribution is 2.22. The molecule has 0 aliphatic heterocycles. The summed E-state index contributed by atoms with van der Waals surface area (Å²) in [6.45, 7) is 6.98. The van der Waals surface area contributed by atoms with E-state index in [1.54, 1.807) is 18.9 Å². The smallest absolute Gasteiger partial charge is 0.230 e. The molecule has 0 spiro atoms. The Hall–Kier alpha value is -1.16. The van der Waals surface area contributed by atoms with E-state index < -0.39 is 0 Å². The van der Waals surface area contributed by atoms with Crippen molar-refractivity contribution in [2.75, 3.05) is 19.4 Å². The number of rotatable bonds is 6. The number of benzene rings is 1. The second-order valence-electron chi connectivity index (χ2n) is 5.31. The highest BCUT2D eigenvalue weighted by Gasteiger charge is 2.13. The minimum absolute atomic E-state index is 0.0924. The van der Waals surface area contributed by atoms with Gasteiger partial charge in [0.1, 0.15) is 5.75 Å². The minimum Gasteiger partial charge on any atom is -0.496 e. The summed E-state index contributed by atoms with van der Waals surface area (Å²) in [5.41, 5.74) is 1.12. The summed E-state index contributed by atoms with van der Waals surface area (Å²) in [4.78, 5) is 11.7. The maximum absolute atomic E-state index is 11.7. The van der Waals surface area contributed by atoms with Crippen LogP contribution >= 0.6 is 11.8 Å². The Labute approximate surface area is 120 Å². The number of carbonyl (C=O) groups is 1. The van der Waals surface area contributed by atoms with Crippen molar-refractivity contribution < 1.29 is 9.53 Å². The predicted molar refractivity (Wildman–Crippen MR) is 81.9 cm³/mol. The van der Waals surface area contributed by atoms with E-state index in [0.717, 1.165) is 17.7 Å². The molecule has 106 valence electrons. The Morgan fingerprint density at radius 2 is 2.00 bits per heavy atom. The molecule has 1 aromatic carbocycles. The SMILES string of the molecule is COc1ccccc1CCNC(=O)CSC(C)(C)C. The van der Waals surface area contributed by atoms with Crippen LogP contribution in [0.5, 0.6) is 5.75 Å². The Balaban J connectivity index is 2.32. The molecule has 1 aromatic rings. The summed E-state index contributed by atoms with van der Waals surface area (Å²) in [6, 6.07) is 7.89. The van der Waals surface area contributed by atoms with Gasteiger partial charge in [0, 0.05) is 11.3 Å². The van der Waals surface area contributed by atoms with Crippen molar-refractivity contribution in [1.29, 1.82) is 0 Å². The molecular weight excluding hydrogens is 258 g/mol. The zero-order valence-corrected chi connectivity index (χ0v) is 13.0. The lowest BCUT2D eigenvalue weighted by Crippen LogP contribution is -2.28. The zero-order valence-electron chi connectivity index (χ0n) is 12.2. The van der Waals surface area contributed by atoms with Gasteiger partial charge >= 0.3 is 0 Å². The van der Waals surface area contributed by atoms with E-state index >= 15 is 0 Å². The molecule has 1 amide bonds. The van der Waals surface area contributed by atoms with Crippen LogP contribution in [0.2, 0.25) is 0 Å². The van der Waals surface area contributed by atoms with Crippen molar-refractivity contribution >= 4 is 17.7 Å². The van der Waals surface area contributed by atoms with Gasteiger partial charge in [-0.2, -0.15) is 0 Å². The number of hydrogen-bond donors (Lipinski definition) is 1. The van der Waals surface area contributed by atoms with E-state index in [1.165, 1.54) is 0 Å². The lowest BCUT2D eigenvalue weighted by Gasteiger charge is -2.17. The second kappa shape index (κ2) is 7.43. The summed E-state index contributed by atoms with van der Waals surface area (Å²) in [5.74, 6) is 1.48. The molecule has 19 heavy (non-hydrogen) atoms. The second-order valence-corrected chi connectivity index (χ2v) is 7.11. The largest absolute Gasteiger partial charge is 0.496 e. The van der Waals surface area contributed by atoms with E-state index in [9.17, 15) is 4.79 Å². The first-order valence-corrected chi connectivity index (χ1v) is 7.43. The first-order chi connectivity index (χ1) is 8.92. The van der Waals surface area contributed by atoms with Crippen LogP contribution < -0.4 is 10.1 Å². The molecule has 0 aliphatic carbocycles. The molecular formula is C15H23NO2S. The number of methoxy groups -OCH3 is 1. The molecule has 4 heteroatoms. The fourth-order valence-electron chi connectivity index (χ4n) is 1.58. The summed E-state index contributed by atoms with van der Waals surface area (Å²) in [5, 5.41) is 2.94. The molecule has 0 heterocycles. The topological polar surface area (TPSA) is 38.3 Å². The van der Waals surface area contributed by atoms with Gasteiger partial charge < -0.3 is 10.1 Å². The molecule has 1 rings (SSSR count). The van der Waals surface area contributed by atoms with Gasteiger partial charge in [-0.3, -0.25) is 4.79 Å². The van der Waals surface area contributed by atoms with Crippen LogP contribution in [0.25, 0.3) is 0 Å². The number of thioether (sulfide) groups is 1. The van der Waals surface area contributed by atoms with Gasteiger partial charge in [-0.15, -0.1) is 11.8 Å².